The Bertz CT molecular complexity index is 1320. The van der Waals surface area contributed by atoms with Crippen LogP contribution in [0.4, 0.5) is 14.6 Å². The van der Waals surface area contributed by atoms with Crippen molar-refractivity contribution in [3.05, 3.63) is 76.2 Å². The Labute approximate surface area is 174 Å². The molecule has 8 nitrogen and oxygen atoms in total. The third kappa shape index (κ3) is 3.44. The molecule has 2 atom stereocenters. The molecule has 158 valence electrons. The molecule has 0 amide bonds. The van der Waals surface area contributed by atoms with Gasteiger partial charge in [0, 0.05) is 24.4 Å². The quantitative estimate of drug-likeness (QED) is 0.522. The first-order valence-electron chi connectivity index (χ1n) is 9.73. The van der Waals surface area contributed by atoms with Crippen molar-refractivity contribution < 1.29 is 13.9 Å². The molecule has 0 spiro atoms. The number of H-pyrrole nitrogens is 1. The first-order chi connectivity index (χ1) is 15.0. The summed E-state index contributed by atoms with van der Waals surface area (Å²) < 4.78 is 29.7. The number of rotatable bonds is 4. The summed E-state index contributed by atoms with van der Waals surface area (Å²) in [6.07, 6.45) is 3.06. The van der Waals surface area contributed by atoms with E-state index in [9.17, 15) is 18.7 Å². The van der Waals surface area contributed by atoms with E-state index >= 15 is 0 Å². The molecule has 4 aromatic heterocycles. The molecule has 1 aliphatic heterocycles. The van der Waals surface area contributed by atoms with Gasteiger partial charge in [-0.3, -0.25) is 9.78 Å². The monoisotopic (exact) mass is 424 g/mol. The number of pyridine rings is 2. The number of halogens is 2. The second kappa shape index (κ2) is 7.55. The highest BCUT2D eigenvalue weighted by Gasteiger charge is 2.36. The molecule has 0 radical (unpaired) electrons. The summed E-state index contributed by atoms with van der Waals surface area (Å²) >= 11 is 0. The molecule has 10 heteroatoms. The molecule has 1 aliphatic rings. The number of imidazole rings is 1. The summed E-state index contributed by atoms with van der Waals surface area (Å²) in [6, 6.07) is 7.36. The van der Waals surface area contributed by atoms with Crippen molar-refractivity contribution in [2.24, 2.45) is 0 Å². The van der Waals surface area contributed by atoms with Gasteiger partial charge in [-0.2, -0.15) is 0 Å². The molecule has 0 aliphatic carbocycles. The fraction of sp³-hybridized carbons (Fsp3) is 0.238. The number of aromatic amines is 1. The predicted molar refractivity (Wildman–Crippen MR) is 109 cm³/mol. The van der Waals surface area contributed by atoms with Crippen molar-refractivity contribution in [2.75, 3.05) is 11.4 Å². The fourth-order valence-electron chi connectivity index (χ4n) is 3.96. The second-order valence-corrected chi connectivity index (χ2v) is 7.42. The summed E-state index contributed by atoms with van der Waals surface area (Å²) in [5, 5.41) is 14.0. The lowest BCUT2D eigenvalue weighted by Gasteiger charge is -2.25. The molecule has 0 saturated carbocycles. The highest BCUT2D eigenvalue weighted by atomic mass is 19.1. The minimum Gasteiger partial charge on any atom is -0.392 e. The Balaban J connectivity index is 1.59. The maximum Gasteiger partial charge on any atom is 0.253 e. The summed E-state index contributed by atoms with van der Waals surface area (Å²) in [6.45, 7) is -0.0954. The van der Waals surface area contributed by atoms with Crippen LogP contribution >= 0.6 is 0 Å². The Morgan fingerprint density at radius 1 is 1.23 bits per heavy atom. The van der Waals surface area contributed by atoms with Gasteiger partial charge in [0.25, 0.3) is 5.56 Å². The average molecular weight is 424 g/mol. The lowest BCUT2D eigenvalue weighted by molar-refractivity contribution is 0.282. The number of nitrogens with one attached hydrogen (secondary N) is 1. The molecule has 0 bridgehead atoms. The van der Waals surface area contributed by atoms with Crippen molar-refractivity contribution >= 4 is 11.5 Å². The van der Waals surface area contributed by atoms with E-state index in [0.717, 1.165) is 12.3 Å². The minimum atomic E-state index is -1.18. The Morgan fingerprint density at radius 3 is 2.94 bits per heavy atom. The van der Waals surface area contributed by atoms with E-state index in [-0.39, 0.29) is 25.1 Å². The molecule has 1 saturated heterocycles. The second-order valence-electron chi connectivity index (χ2n) is 7.42. The number of aliphatic hydroxyl groups excluding tert-OH is 1. The van der Waals surface area contributed by atoms with Crippen molar-refractivity contribution in [1.82, 2.24) is 24.6 Å². The summed E-state index contributed by atoms with van der Waals surface area (Å²) in [5.74, 6) is -0.161. The molecular weight excluding hydrogens is 406 g/mol. The standard InChI is InChI=1S/C21H18F2N6O2/c22-13-6-15(21(31)26-8-13)17-7-14(23)10-28(17)20-2-1-19-25-9-18(29(19)27-20)16-5-12(11-30)3-4-24-16/h1-6,8-9,14,17,30H,7,10-11H2,(H,26,31)/t14-,17+/m0/s1. The summed E-state index contributed by atoms with van der Waals surface area (Å²) in [7, 11) is 0. The van der Waals surface area contributed by atoms with Crippen molar-refractivity contribution in [3.63, 3.8) is 0 Å². The van der Waals surface area contributed by atoms with Gasteiger partial charge in [0.2, 0.25) is 0 Å². The van der Waals surface area contributed by atoms with E-state index in [4.69, 9.17) is 0 Å². The fourth-order valence-corrected chi connectivity index (χ4v) is 3.96. The maximum atomic E-state index is 14.4. The van der Waals surface area contributed by atoms with Crippen LogP contribution < -0.4 is 10.5 Å². The van der Waals surface area contributed by atoms with Crippen LogP contribution in [-0.4, -0.2) is 42.4 Å². The van der Waals surface area contributed by atoms with Crippen LogP contribution in [0.2, 0.25) is 0 Å². The molecule has 0 unspecified atom stereocenters. The van der Waals surface area contributed by atoms with Crippen molar-refractivity contribution in [2.45, 2.75) is 25.2 Å². The van der Waals surface area contributed by atoms with E-state index in [1.54, 1.807) is 46.1 Å². The van der Waals surface area contributed by atoms with Gasteiger partial charge in [0.1, 0.15) is 23.5 Å². The normalized spacial score (nSPS) is 18.7. The van der Waals surface area contributed by atoms with Crippen LogP contribution in [0.5, 0.6) is 0 Å². The highest BCUT2D eigenvalue weighted by molar-refractivity contribution is 5.61. The summed E-state index contributed by atoms with van der Waals surface area (Å²) in [4.78, 5) is 25.0. The van der Waals surface area contributed by atoms with Gasteiger partial charge in [0.15, 0.2) is 5.65 Å². The van der Waals surface area contributed by atoms with Crippen molar-refractivity contribution in [3.8, 4) is 11.4 Å². The maximum absolute atomic E-state index is 14.4. The van der Waals surface area contributed by atoms with Crippen LogP contribution in [0.1, 0.15) is 23.6 Å². The first-order valence-corrected chi connectivity index (χ1v) is 9.73. The van der Waals surface area contributed by atoms with Gasteiger partial charge < -0.3 is 15.0 Å². The molecule has 4 aromatic rings. The zero-order valence-electron chi connectivity index (χ0n) is 16.2. The van der Waals surface area contributed by atoms with E-state index in [1.807, 2.05) is 0 Å². The van der Waals surface area contributed by atoms with E-state index in [0.29, 0.717) is 28.4 Å². The smallest absolute Gasteiger partial charge is 0.253 e. The Hall–Kier alpha value is -3.66. The lowest BCUT2D eigenvalue weighted by atomic mass is 10.1. The van der Waals surface area contributed by atoms with E-state index < -0.39 is 23.6 Å². The zero-order chi connectivity index (χ0) is 21.5. The topological polar surface area (TPSA) is 99.4 Å². The molecule has 0 aromatic carbocycles. The third-order valence-electron chi connectivity index (χ3n) is 5.42. The Morgan fingerprint density at radius 2 is 2.10 bits per heavy atom. The number of aromatic nitrogens is 5. The highest BCUT2D eigenvalue weighted by Crippen LogP contribution is 2.35. The molecule has 5 heterocycles. The Kier molecular flexibility index (Phi) is 4.70. The SMILES string of the molecule is O=c1[nH]cc(F)cc1[C@H]1C[C@H](F)CN1c1ccc2ncc(-c3cc(CO)ccn3)n2n1. The van der Waals surface area contributed by atoms with E-state index in [2.05, 4.69) is 20.1 Å². The molecule has 5 rings (SSSR count). The van der Waals surface area contributed by atoms with Gasteiger partial charge >= 0.3 is 0 Å². The largest absolute Gasteiger partial charge is 0.392 e. The zero-order valence-corrected chi connectivity index (χ0v) is 16.2. The van der Waals surface area contributed by atoms with Gasteiger partial charge in [-0.1, -0.05) is 0 Å². The van der Waals surface area contributed by atoms with Gasteiger partial charge in [-0.25, -0.2) is 18.3 Å². The van der Waals surface area contributed by atoms with Gasteiger partial charge in [-0.05, 0) is 35.9 Å². The molecule has 1 fully saturated rings. The minimum absolute atomic E-state index is 0.0292. The number of nitrogens with zero attached hydrogens (tertiary/aromatic N) is 5. The molecule has 31 heavy (non-hydrogen) atoms. The van der Waals surface area contributed by atoms with Crippen LogP contribution in [-0.2, 0) is 6.61 Å². The number of hydrogen-bond acceptors (Lipinski definition) is 6. The summed E-state index contributed by atoms with van der Waals surface area (Å²) in [5.41, 5.74) is 2.13. The van der Waals surface area contributed by atoms with Crippen LogP contribution in [0.25, 0.3) is 17.0 Å². The molecule has 2 N–H and O–H groups in total. The predicted octanol–water partition coefficient (Wildman–Crippen LogP) is 2.40. The average Bonchev–Trinajstić information content (AvgIpc) is 3.38. The number of hydrogen-bond donors (Lipinski definition) is 2. The van der Waals surface area contributed by atoms with Crippen LogP contribution in [0.3, 0.4) is 0 Å². The van der Waals surface area contributed by atoms with Gasteiger partial charge in [-0.15, -0.1) is 5.10 Å². The number of alkyl halides is 1. The van der Waals surface area contributed by atoms with Crippen molar-refractivity contribution in [1.29, 1.82) is 0 Å². The van der Waals surface area contributed by atoms with Crippen LogP contribution in [0.15, 0.2) is 53.7 Å². The van der Waals surface area contributed by atoms with Crippen LogP contribution in [0, 0.1) is 5.82 Å². The number of aliphatic hydroxyl groups is 1. The number of anilines is 1. The third-order valence-corrected chi connectivity index (χ3v) is 5.42. The first kappa shape index (κ1) is 19.3. The molecular formula is C21H18F2N6O2. The van der Waals surface area contributed by atoms with E-state index in [1.165, 1.54) is 0 Å². The van der Waals surface area contributed by atoms with Gasteiger partial charge in [0.05, 0.1) is 31.1 Å². The lowest BCUT2D eigenvalue weighted by Crippen LogP contribution is -2.29. The number of fused-ring (bicyclic) bond motifs is 1.